The van der Waals surface area contributed by atoms with Crippen LogP contribution in [0.5, 0.6) is 0 Å². The fraction of sp³-hybridized carbons (Fsp3) is 0.381. The standard InChI is InChI=1S/C21H23ClN2O2/c22-17-10-8-16(9-11-17)19-20(26-14-15-5-2-1-3-6-15)21(25)24-12-4-7-18(24)13-23-19/h1-3,5-6,8-11,18-20,23H,4,7,12-14H2/t18-,19+,20-/m1/s1. The summed E-state index contributed by atoms with van der Waals surface area (Å²) in [5.41, 5.74) is 2.10. The van der Waals surface area contributed by atoms with Crippen molar-refractivity contribution >= 4 is 17.5 Å². The Labute approximate surface area is 159 Å². The maximum absolute atomic E-state index is 13.2. The molecule has 0 unspecified atom stereocenters. The fourth-order valence-corrected chi connectivity index (χ4v) is 4.03. The second kappa shape index (κ2) is 7.78. The molecule has 1 amide bonds. The third-order valence-electron chi connectivity index (χ3n) is 5.28. The van der Waals surface area contributed by atoms with Gasteiger partial charge in [-0.1, -0.05) is 54.1 Å². The van der Waals surface area contributed by atoms with Crippen molar-refractivity contribution in [2.45, 2.75) is 37.6 Å². The van der Waals surface area contributed by atoms with E-state index in [4.69, 9.17) is 16.3 Å². The van der Waals surface area contributed by atoms with Gasteiger partial charge in [0.25, 0.3) is 5.91 Å². The van der Waals surface area contributed by atoms with Crippen LogP contribution in [0.15, 0.2) is 54.6 Å². The molecule has 0 radical (unpaired) electrons. The third kappa shape index (κ3) is 3.63. The number of fused-ring (bicyclic) bond motifs is 1. The molecule has 0 spiro atoms. The van der Waals surface area contributed by atoms with Gasteiger partial charge in [-0.05, 0) is 36.1 Å². The number of carbonyl (C=O) groups is 1. The zero-order valence-electron chi connectivity index (χ0n) is 14.6. The first kappa shape index (κ1) is 17.5. The number of ether oxygens (including phenoxy) is 1. The summed E-state index contributed by atoms with van der Waals surface area (Å²) in [5, 5.41) is 4.27. The number of nitrogens with one attached hydrogen (secondary N) is 1. The predicted molar refractivity (Wildman–Crippen MR) is 102 cm³/mol. The summed E-state index contributed by atoms with van der Waals surface area (Å²) in [6.07, 6.45) is 1.58. The lowest BCUT2D eigenvalue weighted by Gasteiger charge is -2.28. The van der Waals surface area contributed by atoms with E-state index in [1.165, 1.54) is 0 Å². The van der Waals surface area contributed by atoms with E-state index in [1.807, 2.05) is 59.5 Å². The molecule has 2 aromatic carbocycles. The van der Waals surface area contributed by atoms with Crippen molar-refractivity contribution in [2.75, 3.05) is 13.1 Å². The Morgan fingerprint density at radius 3 is 2.65 bits per heavy atom. The molecule has 0 saturated carbocycles. The molecule has 2 aliphatic rings. The molecule has 0 aromatic heterocycles. The van der Waals surface area contributed by atoms with Crippen molar-refractivity contribution in [1.29, 1.82) is 0 Å². The smallest absolute Gasteiger partial charge is 0.254 e. The summed E-state index contributed by atoms with van der Waals surface area (Å²) in [6.45, 7) is 2.04. The van der Waals surface area contributed by atoms with Crippen LogP contribution in [0.1, 0.15) is 30.0 Å². The first-order valence-corrected chi connectivity index (χ1v) is 9.55. The molecule has 4 nitrogen and oxygen atoms in total. The lowest BCUT2D eigenvalue weighted by atomic mass is 10.0. The zero-order valence-corrected chi connectivity index (χ0v) is 15.4. The van der Waals surface area contributed by atoms with Crippen LogP contribution in [0.4, 0.5) is 0 Å². The minimum atomic E-state index is -0.542. The van der Waals surface area contributed by atoms with Crippen LogP contribution in [-0.2, 0) is 16.1 Å². The first-order chi connectivity index (χ1) is 12.7. The summed E-state index contributed by atoms with van der Waals surface area (Å²) in [7, 11) is 0. The van der Waals surface area contributed by atoms with Crippen molar-refractivity contribution in [3.63, 3.8) is 0 Å². The topological polar surface area (TPSA) is 41.6 Å². The Balaban J connectivity index is 1.60. The van der Waals surface area contributed by atoms with Crippen molar-refractivity contribution in [3.05, 3.63) is 70.7 Å². The summed E-state index contributed by atoms with van der Waals surface area (Å²) < 4.78 is 6.18. The van der Waals surface area contributed by atoms with E-state index < -0.39 is 6.10 Å². The number of hydrogen-bond acceptors (Lipinski definition) is 3. The second-order valence-corrected chi connectivity index (χ2v) is 7.42. The lowest BCUT2D eigenvalue weighted by Crippen LogP contribution is -2.43. The number of amides is 1. The molecule has 2 fully saturated rings. The van der Waals surface area contributed by atoms with E-state index in [-0.39, 0.29) is 18.0 Å². The van der Waals surface area contributed by atoms with Crippen LogP contribution in [0.2, 0.25) is 5.02 Å². The quantitative estimate of drug-likeness (QED) is 0.894. The van der Waals surface area contributed by atoms with Gasteiger partial charge >= 0.3 is 0 Å². The molecule has 0 aliphatic carbocycles. The number of carbonyl (C=O) groups excluding carboxylic acids is 1. The normalized spacial score (nSPS) is 25.8. The molecule has 3 atom stereocenters. The van der Waals surface area contributed by atoms with Gasteiger partial charge in [0.1, 0.15) is 0 Å². The Bertz CT molecular complexity index is 750. The monoisotopic (exact) mass is 370 g/mol. The zero-order chi connectivity index (χ0) is 17.9. The van der Waals surface area contributed by atoms with Gasteiger partial charge in [-0.15, -0.1) is 0 Å². The molecular weight excluding hydrogens is 348 g/mol. The van der Waals surface area contributed by atoms with E-state index in [2.05, 4.69) is 5.32 Å². The minimum Gasteiger partial charge on any atom is -0.362 e. The third-order valence-corrected chi connectivity index (χ3v) is 5.53. The minimum absolute atomic E-state index is 0.0911. The number of nitrogens with zero attached hydrogens (tertiary/aromatic N) is 1. The van der Waals surface area contributed by atoms with Crippen LogP contribution in [0.25, 0.3) is 0 Å². The average Bonchev–Trinajstić information content (AvgIpc) is 3.09. The maximum atomic E-state index is 13.2. The van der Waals surface area contributed by atoms with Crippen LogP contribution < -0.4 is 5.32 Å². The van der Waals surface area contributed by atoms with Gasteiger partial charge < -0.3 is 15.0 Å². The summed E-state index contributed by atoms with van der Waals surface area (Å²) >= 11 is 6.04. The van der Waals surface area contributed by atoms with Crippen LogP contribution in [-0.4, -0.2) is 36.0 Å². The SMILES string of the molecule is O=C1[C@H](OCc2ccccc2)[C@H](c2ccc(Cl)cc2)NC[C@H]2CCCN12. The average molecular weight is 371 g/mol. The largest absolute Gasteiger partial charge is 0.362 e. The lowest BCUT2D eigenvalue weighted by molar-refractivity contribution is -0.145. The van der Waals surface area contributed by atoms with Crippen LogP contribution >= 0.6 is 11.6 Å². The van der Waals surface area contributed by atoms with Crippen molar-refractivity contribution in [3.8, 4) is 0 Å². The van der Waals surface area contributed by atoms with E-state index in [9.17, 15) is 4.79 Å². The van der Waals surface area contributed by atoms with Gasteiger partial charge in [-0.25, -0.2) is 0 Å². The summed E-state index contributed by atoms with van der Waals surface area (Å²) in [4.78, 5) is 15.2. The molecule has 136 valence electrons. The first-order valence-electron chi connectivity index (χ1n) is 9.17. The van der Waals surface area contributed by atoms with Gasteiger partial charge in [-0.3, -0.25) is 4.79 Å². The number of hydrogen-bond donors (Lipinski definition) is 1. The fourth-order valence-electron chi connectivity index (χ4n) is 3.90. The molecule has 2 heterocycles. The van der Waals surface area contributed by atoms with Gasteiger partial charge in [0, 0.05) is 24.2 Å². The van der Waals surface area contributed by atoms with Gasteiger partial charge in [0.15, 0.2) is 6.10 Å². The molecule has 1 N–H and O–H groups in total. The van der Waals surface area contributed by atoms with Crippen molar-refractivity contribution < 1.29 is 9.53 Å². The highest BCUT2D eigenvalue weighted by Crippen LogP contribution is 2.30. The van der Waals surface area contributed by atoms with Crippen LogP contribution in [0, 0.1) is 0 Å². The number of halogens is 1. The molecular formula is C21H23ClN2O2. The van der Waals surface area contributed by atoms with Gasteiger partial charge in [0.05, 0.1) is 12.6 Å². The molecule has 5 heteroatoms. The second-order valence-electron chi connectivity index (χ2n) is 6.98. The Hall–Kier alpha value is -1.88. The maximum Gasteiger partial charge on any atom is 0.254 e. The van der Waals surface area contributed by atoms with Gasteiger partial charge in [0.2, 0.25) is 0 Å². The highest BCUT2D eigenvalue weighted by molar-refractivity contribution is 6.30. The molecule has 4 rings (SSSR count). The van der Waals surface area contributed by atoms with E-state index in [1.54, 1.807) is 0 Å². The Morgan fingerprint density at radius 1 is 1.12 bits per heavy atom. The van der Waals surface area contributed by atoms with Crippen LogP contribution in [0.3, 0.4) is 0 Å². The number of benzene rings is 2. The molecule has 26 heavy (non-hydrogen) atoms. The molecule has 2 saturated heterocycles. The Morgan fingerprint density at radius 2 is 1.88 bits per heavy atom. The van der Waals surface area contributed by atoms with E-state index in [0.29, 0.717) is 11.6 Å². The molecule has 2 aromatic rings. The Kier molecular flexibility index (Phi) is 5.25. The summed E-state index contributed by atoms with van der Waals surface area (Å²) in [6, 6.07) is 17.8. The van der Waals surface area contributed by atoms with Crippen molar-refractivity contribution in [2.24, 2.45) is 0 Å². The van der Waals surface area contributed by atoms with E-state index >= 15 is 0 Å². The van der Waals surface area contributed by atoms with E-state index in [0.717, 1.165) is 37.1 Å². The highest BCUT2D eigenvalue weighted by atomic mass is 35.5. The van der Waals surface area contributed by atoms with Gasteiger partial charge in [-0.2, -0.15) is 0 Å². The summed E-state index contributed by atoms with van der Waals surface area (Å²) in [5.74, 6) is 0.0911. The molecule has 0 bridgehead atoms. The van der Waals surface area contributed by atoms with Crippen molar-refractivity contribution in [1.82, 2.24) is 10.2 Å². The predicted octanol–water partition coefficient (Wildman–Crippen LogP) is 3.56. The highest BCUT2D eigenvalue weighted by Gasteiger charge is 2.41. The number of rotatable bonds is 4. The molecule has 2 aliphatic heterocycles.